The molecule has 3 nitrogen and oxygen atoms in total. The topological polar surface area (TPSA) is 38.3 Å². The number of hydrogen-bond donors (Lipinski definition) is 1. The van der Waals surface area contributed by atoms with Gasteiger partial charge in [0, 0.05) is 4.47 Å². The first-order valence-electron chi connectivity index (χ1n) is 5.46. The van der Waals surface area contributed by atoms with E-state index in [4.69, 9.17) is 27.9 Å². The molecule has 110 valence electrons. The predicted octanol–water partition coefficient (Wildman–Crippen LogP) is 6.89. The first-order chi connectivity index (χ1) is 9.88. The van der Waals surface area contributed by atoms with Gasteiger partial charge in [0.25, 0.3) is 0 Å². The molecule has 0 bridgehead atoms. The summed E-state index contributed by atoms with van der Waals surface area (Å²) in [6.07, 6.45) is -0.700. The van der Waals surface area contributed by atoms with Crippen LogP contribution < -0.4 is 10.1 Å². The number of carbonyl (C=O) groups excluding carboxylic acids is 1. The van der Waals surface area contributed by atoms with Crippen molar-refractivity contribution in [2.75, 3.05) is 5.32 Å². The predicted molar refractivity (Wildman–Crippen MR) is 95.7 cm³/mol. The average molecular weight is 519 g/mol. The fraction of sp³-hybridized carbons (Fsp3) is 0. The number of hydrogen-bond acceptors (Lipinski definition) is 2. The molecule has 2 rings (SSSR count). The van der Waals surface area contributed by atoms with Gasteiger partial charge in [0.15, 0.2) is 5.75 Å². The summed E-state index contributed by atoms with van der Waals surface area (Å²) in [6, 6.07) is 8.44. The third-order valence-corrected chi connectivity index (χ3v) is 4.61. The van der Waals surface area contributed by atoms with Gasteiger partial charge in [0.05, 0.1) is 24.7 Å². The molecule has 0 saturated carbocycles. The molecular weight excluding hydrogens is 513 g/mol. The maximum atomic E-state index is 12.0. The lowest BCUT2D eigenvalue weighted by molar-refractivity contribution is 0.214. The highest BCUT2D eigenvalue weighted by Crippen LogP contribution is 2.37. The molecule has 21 heavy (non-hydrogen) atoms. The second kappa shape index (κ2) is 7.33. The Kier molecular flexibility index (Phi) is 5.96. The molecule has 8 heteroatoms. The molecular formula is C13H6Br3Cl2NO2. The van der Waals surface area contributed by atoms with Gasteiger partial charge in [0.1, 0.15) is 0 Å². The number of amides is 1. The molecule has 0 saturated heterocycles. The molecule has 0 aliphatic rings. The van der Waals surface area contributed by atoms with Crippen LogP contribution in [-0.4, -0.2) is 6.09 Å². The van der Waals surface area contributed by atoms with E-state index >= 15 is 0 Å². The Labute approximate surface area is 156 Å². The van der Waals surface area contributed by atoms with Crippen molar-refractivity contribution in [1.82, 2.24) is 0 Å². The van der Waals surface area contributed by atoms with E-state index in [2.05, 4.69) is 53.1 Å². The maximum Gasteiger partial charge on any atom is 0.417 e. The van der Waals surface area contributed by atoms with E-state index in [1.165, 1.54) is 0 Å². The largest absolute Gasteiger partial charge is 0.417 e. The molecule has 0 fully saturated rings. The van der Waals surface area contributed by atoms with Crippen molar-refractivity contribution < 1.29 is 9.53 Å². The van der Waals surface area contributed by atoms with Crippen LogP contribution in [0.2, 0.25) is 10.0 Å². The van der Waals surface area contributed by atoms with Gasteiger partial charge in [-0.3, -0.25) is 5.32 Å². The van der Waals surface area contributed by atoms with Crippen LogP contribution in [-0.2, 0) is 0 Å². The maximum absolute atomic E-state index is 12.0. The van der Waals surface area contributed by atoms with Crippen LogP contribution in [0.25, 0.3) is 0 Å². The van der Waals surface area contributed by atoms with E-state index in [1.807, 2.05) is 0 Å². The van der Waals surface area contributed by atoms with Gasteiger partial charge in [-0.15, -0.1) is 0 Å². The molecule has 0 spiro atoms. The fourth-order valence-corrected chi connectivity index (χ4v) is 4.38. The summed E-state index contributed by atoms with van der Waals surface area (Å²) in [5.41, 5.74) is 0.301. The number of anilines is 1. The number of ether oxygens (including phenoxy) is 1. The van der Waals surface area contributed by atoms with Crippen LogP contribution in [0, 0.1) is 0 Å². The normalized spacial score (nSPS) is 10.3. The Morgan fingerprint density at radius 2 is 1.57 bits per heavy atom. The molecule has 1 N–H and O–H groups in total. The smallest absolute Gasteiger partial charge is 0.408 e. The van der Waals surface area contributed by atoms with Crippen molar-refractivity contribution in [3.05, 3.63) is 53.8 Å². The second-order valence-electron chi connectivity index (χ2n) is 3.81. The van der Waals surface area contributed by atoms with E-state index < -0.39 is 6.09 Å². The van der Waals surface area contributed by atoms with Crippen LogP contribution in [0.5, 0.6) is 5.75 Å². The molecule has 0 unspecified atom stereocenters. The zero-order valence-electron chi connectivity index (χ0n) is 10.1. The molecule has 0 radical (unpaired) electrons. The lowest BCUT2D eigenvalue weighted by Gasteiger charge is -2.12. The number of halogens is 5. The fourth-order valence-electron chi connectivity index (χ4n) is 1.46. The van der Waals surface area contributed by atoms with Gasteiger partial charge < -0.3 is 4.74 Å². The number of rotatable bonds is 2. The number of benzene rings is 2. The first-order valence-corrected chi connectivity index (χ1v) is 8.59. The Morgan fingerprint density at radius 1 is 1.05 bits per heavy atom. The third-order valence-electron chi connectivity index (χ3n) is 2.35. The van der Waals surface area contributed by atoms with Crippen LogP contribution in [0.15, 0.2) is 43.7 Å². The van der Waals surface area contributed by atoms with Crippen molar-refractivity contribution in [1.29, 1.82) is 0 Å². The molecule has 0 atom stereocenters. The highest BCUT2D eigenvalue weighted by molar-refractivity contribution is 9.11. The summed E-state index contributed by atoms with van der Waals surface area (Å²) >= 11 is 21.9. The summed E-state index contributed by atoms with van der Waals surface area (Å²) in [5.74, 6) is 0.346. The molecule has 0 aliphatic heterocycles. The minimum absolute atomic E-state index is 0.301. The Bertz CT molecular complexity index is 667. The van der Waals surface area contributed by atoms with Gasteiger partial charge in [-0.1, -0.05) is 45.2 Å². The molecule has 0 heterocycles. The van der Waals surface area contributed by atoms with Gasteiger partial charge in [-0.05, 0) is 56.1 Å². The van der Waals surface area contributed by atoms with E-state index in [9.17, 15) is 4.79 Å². The molecule has 0 aromatic heterocycles. The van der Waals surface area contributed by atoms with E-state index in [-0.39, 0.29) is 0 Å². The summed E-state index contributed by atoms with van der Waals surface area (Å²) in [7, 11) is 0. The Hall–Kier alpha value is -0.270. The van der Waals surface area contributed by atoms with Crippen molar-refractivity contribution in [3.63, 3.8) is 0 Å². The lowest BCUT2D eigenvalue weighted by Crippen LogP contribution is -2.17. The summed E-state index contributed by atoms with van der Waals surface area (Å²) in [5, 5.41) is 3.17. The lowest BCUT2D eigenvalue weighted by atomic mass is 10.3. The van der Waals surface area contributed by atoms with Crippen LogP contribution in [0.4, 0.5) is 10.5 Å². The van der Waals surface area contributed by atoms with E-state index in [0.717, 1.165) is 4.47 Å². The van der Waals surface area contributed by atoms with Gasteiger partial charge >= 0.3 is 6.09 Å². The van der Waals surface area contributed by atoms with E-state index in [0.29, 0.717) is 30.4 Å². The van der Waals surface area contributed by atoms with Crippen LogP contribution >= 0.6 is 71.0 Å². The Morgan fingerprint density at radius 3 is 2.10 bits per heavy atom. The van der Waals surface area contributed by atoms with E-state index in [1.54, 1.807) is 30.3 Å². The molecule has 0 aliphatic carbocycles. The van der Waals surface area contributed by atoms with Crippen molar-refractivity contribution >= 4 is 82.8 Å². The zero-order chi connectivity index (χ0) is 15.6. The monoisotopic (exact) mass is 515 g/mol. The molecule has 1 amide bonds. The van der Waals surface area contributed by atoms with Crippen molar-refractivity contribution in [2.24, 2.45) is 0 Å². The van der Waals surface area contributed by atoms with Crippen molar-refractivity contribution in [3.8, 4) is 5.75 Å². The Balaban J connectivity index is 2.20. The second-order valence-corrected chi connectivity index (χ2v) is 7.25. The highest BCUT2D eigenvalue weighted by Gasteiger charge is 2.15. The number of carbonyl (C=O) groups is 1. The minimum atomic E-state index is -0.700. The summed E-state index contributed by atoms with van der Waals surface area (Å²) in [4.78, 5) is 12.0. The number of para-hydroxylation sites is 1. The highest BCUT2D eigenvalue weighted by atomic mass is 79.9. The minimum Gasteiger partial charge on any atom is -0.408 e. The quantitative estimate of drug-likeness (QED) is 0.470. The van der Waals surface area contributed by atoms with Crippen molar-refractivity contribution in [2.45, 2.75) is 0 Å². The van der Waals surface area contributed by atoms with Gasteiger partial charge in [-0.2, -0.15) is 0 Å². The molecule has 2 aromatic carbocycles. The number of nitrogens with one attached hydrogen (secondary N) is 1. The molecule has 2 aromatic rings. The van der Waals surface area contributed by atoms with Gasteiger partial charge in [0.2, 0.25) is 0 Å². The van der Waals surface area contributed by atoms with Crippen LogP contribution in [0.1, 0.15) is 0 Å². The third kappa shape index (κ3) is 4.36. The zero-order valence-corrected chi connectivity index (χ0v) is 16.4. The van der Waals surface area contributed by atoms with Crippen LogP contribution in [0.3, 0.4) is 0 Å². The summed E-state index contributed by atoms with van der Waals surface area (Å²) < 4.78 is 7.33. The van der Waals surface area contributed by atoms with Gasteiger partial charge in [-0.25, -0.2) is 4.79 Å². The SMILES string of the molecule is O=C(Nc1c(Cl)cccc1Cl)Oc1c(Br)cc(Br)cc1Br. The first kappa shape index (κ1) is 17.1. The average Bonchev–Trinajstić information content (AvgIpc) is 2.38. The standard InChI is InChI=1S/C13H6Br3Cl2NO2/c14-6-4-7(15)12(8(16)5-6)21-13(20)19-11-9(17)2-1-3-10(11)18/h1-5H,(H,19,20). The summed E-state index contributed by atoms with van der Waals surface area (Å²) in [6.45, 7) is 0.